The number of nitrogens with one attached hydrogen (secondary N) is 2. The van der Waals surface area contributed by atoms with Crippen molar-refractivity contribution < 1.29 is 13.2 Å². The van der Waals surface area contributed by atoms with Crippen LogP contribution in [0.25, 0.3) is 0 Å². The number of ether oxygens (including phenoxy) is 1. The molecule has 1 aliphatic rings. The average molecular weight is 349 g/mol. The minimum atomic E-state index is -3.49. The molecule has 7 nitrogen and oxygen atoms in total. The van der Waals surface area contributed by atoms with E-state index in [0.717, 1.165) is 25.9 Å². The van der Waals surface area contributed by atoms with E-state index in [2.05, 4.69) is 29.5 Å². The van der Waals surface area contributed by atoms with Crippen molar-refractivity contribution in [3.63, 3.8) is 0 Å². The van der Waals surface area contributed by atoms with Crippen LogP contribution in [0.4, 0.5) is 0 Å². The maximum Gasteiger partial charge on any atom is 0.210 e. The number of guanidine groups is 1. The average Bonchev–Trinajstić information content (AvgIpc) is 2.46. The van der Waals surface area contributed by atoms with Gasteiger partial charge in [0.2, 0.25) is 10.0 Å². The topological polar surface area (TPSA) is 106 Å². The SMILES string of the molecule is CCNC(=NCCS(N)(=O)=O)NC1CC(OCC)C1(CC)CC. The molecule has 1 aliphatic carbocycles. The molecule has 136 valence electrons. The molecule has 0 bridgehead atoms. The molecule has 23 heavy (non-hydrogen) atoms. The normalized spacial score (nSPS) is 24.1. The Morgan fingerprint density at radius 1 is 1.30 bits per heavy atom. The van der Waals surface area contributed by atoms with E-state index in [4.69, 9.17) is 9.88 Å². The first-order valence-corrected chi connectivity index (χ1v) is 10.2. The van der Waals surface area contributed by atoms with Gasteiger partial charge in [0.15, 0.2) is 5.96 Å². The third-order valence-electron chi connectivity index (χ3n) is 4.77. The summed E-state index contributed by atoms with van der Waals surface area (Å²) in [5.41, 5.74) is 0.103. The van der Waals surface area contributed by atoms with Crippen LogP contribution in [0.2, 0.25) is 0 Å². The molecule has 8 heteroatoms. The summed E-state index contributed by atoms with van der Waals surface area (Å²) in [5.74, 6) is 0.491. The van der Waals surface area contributed by atoms with Gasteiger partial charge in [-0.15, -0.1) is 0 Å². The first kappa shape index (κ1) is 20.2. The number of nitrogens with zero attached hydrogens (tertiary/aromatic N) is 1. The van der Waals surface area contributed by atoms with Gasteiger partial charge in [-0.2, -0.15) is 0 Å². The third-order valence-corrected chi connectivity index (χ3v) is 5.52. The largest absolute Gasteiger partial charge is 0.378 e. The second-order valence-corrected chi connectivity index (χ2v) is 7.68. The van der Waals surface area contributed by atoms with E-state index in [1.165, 1.54) is 0 Å². The highest BCUT2D eigenvalue weighted by Crippen LogP contribution is 2.48. The number of primary sulfonamides is 1. The Hall–Kier alpha value is -0.860. The summed E-state index contributed by atoms with van der Waals surface area (Å²) in [6.07, 6.45) is 3.27. The lowest BCUT2D eigenvalue weighted by Crippen LogP contribution is -2.65. The maximum absolute atomic E-state index is 11.0. The highest BCUT2D eigenvalue weighted by Gasteiger charge is 2.53. The fourth-order valence-corrected chi connectivity index (χ4v) is 3.70. The van der Waals surface area contributed by atoms with Gasteiger partial charge < -0.3 is 15.4 Å². The monoisotopic (exact) mass is 348 g/mol. The Morgan fingerprint density at radius 3 is 2.43 bits per heavy atom. The summed E-state index contributed by atoms with van der Waals surface area (Å²) in [4.78, 5) is 4.32. The van der Waals surface area contributed by atoms with Crippen LogP contribution in [-0.4, -0.2) is 52.0 Å². The zero-order valence-electron chi connectivity index (χ0n) is 14.8. The van der Waals surface area contributed by atoms with E-state index in [-0.39, 0.29) is 29.9 Å². The molecule has 0 spiro atoms. The molecule has 0 aromatic rings. The van der Waals surface area contributed by atoms with Crippen molar-refractivity contribution in [1.82, 2.24) is 10.6 Å². The van der Waals surface area contributed by atoms with Gasteiger partial charge >= 0.3 is 0 Å². The van der Waals surface area contributed by atoms with Gasteiger partial charge in [0.1, 0.15) is 0 Å². The number of hydrogen-bond acceptors (Lipinski definition) is 4. The van der Waals surface area contributed by atoms with Crippen molar-refractivity contribution in [2.75, 3.05) is 25.4 Å². The molecule has 1 fully saturated rings. The predicted molar refractivity (Wildman–Crippen MR) is 93.9 cm³/mol. The smallest absolute Gasteiger partial charge is 0.210 e. The van der Waals surface area contributed by atoms with Crippen LogP contribution in [0.1, 0.15) is 47.0 Å². The Labute approximate surface area is 140 Å². The lowest BCUT2D eigenvalue weighted by Gasteiger charge is -2.55. The Morgan fingerprint density at radius 2 is 1.96 bits per heavy atom. The lowest BCUT2D eigenvalue weighted by atomic mass is 9.58. The van der Waals surface area contributed by atoms with Gasteiger partial charge in [-0.1, -0.05) is 13.8 Å². The summed E-state index contributed by atoms with van der Waals surface area (Å²) in [6.45, 7) is 9.97. The summed E-state index contributed by atoms with van der Waals surface area (Å²) in [5, 5.41) is 11.6. The van der Waals surface area contributed by atoms with Gasteiger partial charge in [0.05, 0.1) is 18.4 Å². The Balaban J connectivity index is 2.74. The van der Waals surface area contributed by atoms with E-state index in [0.29, 0.717) is 12.5 Å². The van der Waals surface area contributed by atoms with Crippen molar-refractivity contribution in [3.05, 3.63) is 0 Å². The number of aliphatic imine (C=N–C) groups is 1. The van der Waals surface area contributed by atoms with Gasteiger partial charge in [-0.25, -0.2) is 13.6 Å². The number of nitrogens with two attached hydrogens (primary N) is 1. The van der Waals surface area contributed by atoms with Crippen molar-refractivity contribution in [2.45, 2.75) is 59.1 Å². The van der Waals surface area contributed by atoms with Crippen molar-refractivity contribution in [2.24, 2.45) is 15.5 Å². The van der Waals surface area contributed by atoms with Gasteiger partial charge in [-0.05, 0) is 33.1 Å². The number of rotatable bonds is 9. The Kier molecular flexibility index (Phi) is 7.76. The zero-order chi connectivity index (χ0) is 17.5. The van der Waals surface area contributed by atoms with Gasteiger partial charge in [-0.3, -0.25) is 4.99 Å². The predicted octanol–water partition coefficient (Wildman–Crippen LogP) is 0.814. The fraction of sp³-hybridized carbons (Fsp3) is 0.933. The van der Waals surface area contributed by atoms with E-state index >= 15 is 0 Å². The van der Waals surface area contributed by atoms with Crippen LogP contribution >= 0.6 is 0 Å². The molecule has 0 aromatic carbocycles. The van der Waals surface area contributed by atoms with E-state index in [9.17, 15) is 8.42 Å². The van der Waals surface area contributed by atoms with Crippen LogP contribution in [0, 0.1) is 5.41 Å². The van der Waals surface area contributed by atoms with E-state index in [1.54, 1.807) is 0 Å². The lowest BCUT2D eigenvalue weighted by molar-refractivity contribution is -0.133. The molecule has 4 N–H and O–H groups in total. The second-order valence-electron chi connectivity index (χ2n) is 5.94. The highest BCUT2D eigenvalue weighted by atomic mass is 32.2. The van der Waals surface area contributed by atoms with Crippen LogP contribution in [0.15, 0.2) is 4.99 Å². The van der Waals surface area contributed by atoms with Crippen LogP contribution < -0.4 is 15.8 Å². The maximum atomic E-state index is 11.0. The molecular weight excluding hydrogens is 316 g/mol. The van der Waals surface area contributed by atoms with Crippen molar-refractivity contribution in [1.29, 1.82) is 0 Å². The molecule has 2 unspecified atom stereocenters. The number of hydrogen-bond donors (Lipinski definition) is 3. The van der Waals surface area contributed by atoms with Crippen molar-refractivity contribution in [3.8, 4) is 0 Å². The van der Waals surface area contributed by atoms with Gasteiger partial charge in [0, 0.05) is 24.6 Å². The zero-order valence-corrected chi connectivity index (χ0v) is 15.6. The molecular formula is C15H32N4O3S. The number of sulfonamides is 1. The summed E-state index contributed by atoms with van der Waals surface area (Å²) >= 11 is 0. The molecule has 0 saturated heterocycles. The molecule has 0 radical (unpaired) electrons. The molecule has 0 aromatic heterocycles. The quantitative estimate of drug-likeness (QED) is 0.422. The molecule has 0 aliphatic heterocycles. The summed E-state index contributed by atoms with van der Waals surface area (Å²) < 4.78 is 27.9. The third kappa shape index (κ3) is 5.32. The summed E-state index contributed by atoms with van der Waals surface area (Å²) in [6, 6.07) is 0.279. The van der Waals surface area contributed by atoms with Crippen LogP contribution in [0.5, 0.6) is 0 Å². The first-order valence-electron chi connectivity index (χ1n) is 8.49. The molecule has 1 rings (SSSR count). The standard InChI is InChI=1S/C15H32N4O3S/c1-5-15(6-2)12(11-13(15)22-8-4)19-14(17-7-3)18-9-10-23(16,20)21/h12-13H,5-11H2,1-4H3,(H2,16,20,21)(H2,17,18,19). The van der Waals surface area contributed by atoms with Gasteiger partial charge in [0.25, 0.3) is 0 Å². The summed E-state index contributed by atoms with van der Waals surface area (Å²) in [7, 11) is -3.49. The van der Waals surface area contributed by atoms with E-state index in [1.807, 2.05) is 13.8 Å². The Bertz CT molecular complexity index is 489. The fourth-order valence-electron chi connectivity index (χ4n) is 3.35. The van der Waals surface area contributed by atoms with Crippen molar-refractivity contribution >= 4 is 16.0 Å². The molecule has 1 saturated carbocycles. The molecule has 0 heterocycles. The minimum absolute atomic E-state index is 0.103. The highest BCUT2D eigenvalue weighted by molar-refractivity contribution is 7.89. The van der Waals surface area contributed by atoms with Crippen LogP contribution in [0.3, 0.4) is 0 Å². The first-order chi connectivity index (χ1) is 10.8. The molecule has 2 atom stereocenters. The molecule has 0 amide bonds. The second kappa shape index (κ2) is 8.84. The van der Waals surface area contributed by atoms with E-state index < -0.39 is 10.0 Å². The van der Waals surface area contributed by atoms with Crippen LogP contribution in [-0.2, 0) is 14.8 Å². The minimum Gasteiger partial charge on any atom is -0.378 e.